The topological polar surface area (TPSA) is 66.9 Å². The van der Waals surface area contributed by atoms with Gasteiger partial charge in [0.25, 0.3) is 5.91 Å². The van der Waals surface area contributed by atoms with Crippen LogP contribution in [0.1, 0.15) is 48.0 Å². The average molecular weight is 393 g/mol. The lowest BCUT2D eigenvalue weighted by molar-refractivity contribution is 0.0928. The third kappa shape index (κ3) is 4.39. The average Bonchev–Trinajstić information content (AvgIpc) is 3.19. The zero-order chi connectivity index (χ0) is 19.3. The SMILES string of the molecule is Cc1ccc(C(=O)NC2CCCCC2)cc1Nc1nc(-c2ccncc2)cs1. The number of thiazole rings is 1. The summed E-state index contributed by atoms with van der Waals surface area (Å²) in [6.45, 7) is 2.03. The Balaban J connectivity index is 1.48. The first kappa shape index (κ1) is 18.6. The van der Waals surface area contributed by atoms with E-state index in [1.54, 1.807) is 23.7 Å². The molecule has 3 aromatic rings. The summed E-state index contributed by atoms with van der Waals surface area (Å²) in [4.78, 5) is 21.4. The van der Waals surface area contributed by atoms with Gasteiger partial charge < -0.3 is 10.6 Å². The van der Waals surface area contributed by atoms with Crippen LogP contribution in [0.4, 0.5) is 10.8 Å². The van der Waals surface area contributed by atoms with Crippen LogP contribution >= 0.6 is 11.3 Å². The highest BCUT2D eigenvalue weighted by molar-refractivity contribution is 7.14. The highest BCUT2D eigenvalue weighted by Gasteiger charge is 2.17. The first-order valence-electron chi connectivity index (χ1n) is 9.73. The van der Waals surface area contributed by atoms with Gasteiger partial charge in [-0.3, -0.25) is 9.78 Å². The van der Waals surface area contributed by atoms with Crippen molar-refractivity contribution in [2.24, 2.45) is 0 Å². The lowest BCUT2D eigenvalue weighted by atomic mass is 9.95. The summed E-state index contributed by atoms with van der Waals surface area (Å²) >= 11 is 1.55. The van der Waals surface area contributed by atoms with E-state index in [-0.39, 0.29) is 5.91 Å². The van der Waals surface area contributed by atoms with Crippen LogP contribution in [0.3, 0.4) is 0 Å². The predicted molar refractivity (Wildman–Crippen MR) is 114 cm³/mol. The van der Waals surface area contributed by atoms with Gasteiger partial charge in [-0.2, -0.15) is 0 Å². The summed E-state index contributed by atoms with van der Waals surface area (Å²) < 4.78 is 0. The Morgan fingerprint density at radius 1 is 1.11 bits per heavy atom. The minimum atomic E-state index is 0.00608. The molecule has 1 amide bonds. The quantitative estimate of drug-likeness (QED) is 0.617. The van der Waals surface area contributed by atoms with Crippen LogP contribution in [0.5, 0.6) is 0 Å². The Bertz CT molecular complexity index is 948. The number of anilines is 2. The summed E-state index contributed by atoms with van der Waals surface area (Å²) in [5, 5.41) is 9.38. The molecule has 0 radical (unpaired) electrons. The van der Waals surface area contributed by atoms with E-state index in [0.29, 0.717) is 11.6 Å². The first-order chi connectivity index (χ1) is 13.7. The fourth-order valence-electron chi connectivity index (χ4n) is 3.52. The van der Waals surface area contributed by atoms with Crippen molar-refractivity contribution in [1.29, 1.82) is 0 Å². The number of amides is 1. The molecule has 2 N–H and O–H groups in total. The molecule has 2 heterocycles. The van der Waals surface area contributed by atoms with Crippen LogP contribution < -0.4 is 10.6 Å². The molecule has 0 unspecified atom stereocenters. The molecule has 4 rings (SSSR count). The Kier molecular flexibility index (Phi) is 5.67. The fourth-order valence-corrected chi connectivity index (χ4v) is 4.25. The van der Waals surface area contributed by atoms with Crippen molar-refractivity contribution in [2.45, 2.75) is 45.1 Å². The third-order valence-electron chi connectivity index (χ3n) is 5.16. The third-order valence-corrected chi connectivity index (χ3v) is 5.92. The summed E-state index contributed by atoms with van der Waals surface area (Å²) in [7, 11) is 0. The van der Waals surface area contributed by atoms with Crippen LogP contribution in [0.2, 0.25) is 0 Å². The molecule has 1 aliphatic rings. The molecule has 1 aromatic carbocycles. The van der Waals surface area contributed by atoms with Gasteiger partial charge in [0.1, 0.15) is 0 Å². The monoisotopic (exact) mass is 392 g/mol. The van der Waals surface area contributed by atoms with E-state index in [2.05, 4.69) is 20.6 Å². The molecule has 0 bridgehead atoms. The van der Waals surface area contributed by atoms with E-state index in [9.17, 15) is 4.79 Å². The van der Waals surface area contributed by atoms with E-state index in [1.807, 2.05) is 42.6 Å². The highest BCUT2D eigenvalue weighted by atomic mass is 32.1. The zero-order valence-corrected chi connectivity index (χ0v) is 16.8. The first-order valence-corrected chi connectivity index (χ1v) is 10.6. The number of nitrogens with one attached hydrogen (secondary N) is 2. The van der Waals surface area contributed by atoms with Crippen molar-refractivity contribution in [2.75, 3.05) is 5.32 Å². The molecule has 1 fully saturated rings. The van der Waals surface area contributed by atoms with Crippen molar-refractivity contribution in [3.05, 3.63) is 59.2 Å². The van der Waals surface area contributed by atoms with Gasteiger partial charge in [0, 0.05) is 40.6 Å². The molecule has 1 aliphatic carbocycles. The van der Waals surface area contributed by atoms with Crippen molar-refractivity contribution in [3.8, 4) is 11.3 Å². The number of aryl methyl sites for hydroxylation is 1. The standard InChI is InChI=1S/C22H24N4OS/c1-15-7-8-17(21(27)24-18-5-3-2-4-6-18)13-19(15)25-22-26-20(14-28-22)16-9-11-23-12-10-16/h7-14,18H,2-6H2,1H3,(H,24,27)(H,25,26). The molecule has 0 spiro atoms. The minimum Gasteiger partial charge on any atom is -0.349 e. The van der Waals surface area contributed by atoms with Gasteiger partial charge in [0.2, 0.25) is 0 Å². The van der Waals surface area contributed by atoms with Crippen LogP contribution in [-0.2, 0) is 0 Å². The molecular weight excluding hydrogens is 368 g/mol. The molecule has 2 aromatic heterocycles. The van der Waals surface area contributed by atoms with Gasteiger partial charge >= 0.3 is 0 Å². The second-order valence-electron chi connectivity index (χ2n) is 7.24. The van der Waals surface area contributed by atoms with Crippen molar-refractivity contribution in [3.63, 3.8) is 0 Å². The summed E-state index contributed by atoms with van der Waals surface area (Å²) in [5.41, 5.74) is 4.63. The maximum absolute atomic E-state index is 12.7. The highest BCUT2D eigenvalue weighted by Crippen LogP contribution is 2.28. The number of carbonyl (C=O) groups excluding carboxylic acids is 1. The van der Waals surface area contributed by atoms with E-state index in [4.69, 9.17) is 0 Å². The van der Waals surface area contributed by atoms with Crippen LogP contribution in [0.15, 0.2) is 48.1 Å². The summed E-state index contributed by atoms with van der Waals surface area (Å²) in [5.74, 6) is 0.00608. The fraction of sp³-hybridized carbons (Fsp3) is 0.318. The maximum atomic E-state index is 12.7. The summed E-state index contributed by atoms with van der Waals surface area (Å²) in [6, 6.07) is 9.99. The molecule has 28 heavy (non-hydrogen) atoms. The molecule has 6 heteroatoms. The van der Waals surface area contributed by atoms with Gasteiger partial charge in [0.15, 0.2) is 5.13 Å². The second kappa shape index (κ2) is 8.52. The molecule has 1 saturated carbocycles. The van der Waals surface area contributed by atoms with Crippen molar-refractivity contribution in [1.82, 2.24) is 15.3 Å². The van der Waals surface area contributed by atoms with Crippen molar-refractivity contribution >= 4 is 28.1 Å². The molecule has 144 valence electrons. The minimum absolute atomic E-state index is 0.00608. The Hall–Kier alpha value is -2.73. The molecule has 5 nitrogen and oxygen atoms in total. The van der Waals surface area contributed by atoms with Crippen molar-refractivity contribution < 1.29 is 4.79 Å². The number of carbonyl (C=O) groups is 1. The molecular formula is C22H24N4OS. The second-order valence-corrected chi connectivity index (χ2v) is 8.09. The Labute approximate surface area is 169 Å². The van der Waals surface area contributed by atoms with E-state index < -0.39 is 0 Å². The van der Waals surface area contributed by atoms with E-state index in [0.717, 1.165) is 40.5 Å². The predicted octanol–water partition coefficient (Wildman–Crippen LogP) is 5.32. The smallest absolute Gasteiger partial charge is 0.251 e. The maximum Gasteiger partial charge on any atom is 0.251 e. The van der Waals surface area contributed by atoms with Gasteiger partial charge in [-0.15, -0.1) is 11.3 Å². The largest absolute Gasteiger partial charge is 0.349 e. The number of aromatic nitrogens is 2. The lowest BCUT2D eigenvalue weighted by Gasteiger charge is -2.23. The lowest BCUT2D eigenvalue weighted by Crippen LogP contribution is -2.36. The van der Waals surface area contributed by atoms with Gasteiger partial charge in [-0.25, -0.2) is 4.98 Å². The number of rotatable bonds is 5. The number of hydrogen-bond acceptors (Lipinski definition) is 5. The Morgan fingerprint density at radius 3 is 2.68 bits per heavy atom. The molecule has 0 atom stereocenters. The number of hydrogen-bond donors (Lipinski definition) is 2. The van der Waals surface area contributed by atoms with Gasteiger partial charge in [-0.1, -0.05) is 25.3 Å². The normalized spacial score (nSPS) is 14.6. The van der Waals surface area contributed by atoms with Gasteiger partial charge in [-0.05, 0) is 49.6 Å². The number of benzene rings is 1. The van der Waals surface area contributed by atoms with Crippen LogP contribution in [0.25, 0.3) is 11.3 Å². The summed E-state index contributed by atoms with van der Waals surface area (Å²) in [6.07, 6.45) is 9.38. The Morgan fingerprint density at radius 2 is 1.89 bits per heavy atom. The molecule has 0 saturated heterocycles. The van der Waals surface area contributed by atoms with E-state index >= 15 is 0 Å². The van der Waals surface area contributed by atoms with Gasteiger partial charge in [0.05, 0.1) is 5.69 Å². The van der Waals surface area contributed by atoms with E-state index in [1.165, 1.54) is 19.3 Å². The molecule has 0 aliphatic heterocycles. The zero-order valence-electron chi connectivity index (χ0n) is 15.9. The number of pyridine rings is 1. The van der Waals surface area contributed by atoms with Crippen LogP contribution in [0, 0.1) is 6.92 Å². The van der Waals surface area contributed by atoms with Crippen LogP contribution in [-0.4, -0.2) is 21.9 Å². The number of nitrogens with zero attached hydrogens (tertiary/aromatic N) is 2.